The Hall–Kier alpha value is -1.59. The number of hydrogen-bond acceptors (Lipinski definition) is 4. The first-order chi connectivity index (χ1) is 10.3. The minimum atomic E-state index is -0.115. The molecule has 0 spiro atoms. The molecule has 0 aliphatic carbocycles. The first kappa shape index (κ1) is 14.4. The molecule has 1 aromatic carbocycles. The summed E-state index contributed by atoms with van der Waals surface area (Å²) in [4.78, 5) is 14.8. The van der Waals surface area contributed by atoms with E-state index in [0.29, 0.717) is 26.4 Å². The molecule has 1 N–H and O–H groups in total. The lowest BCUT2D eigenvalue weighted by Crippen LogP contribution is -2.46. The summed E-state index contributed by atoms with van der Waals surface area (Å²) in [5, 5.41) is 3.35. The van der Waals surface area contributed by atoms with Crippen molar-refractivity contribution < 1.29 is 14.3 Å². The van der Waals surface area contributed by atoms with Crippen LogP contribution in [0.2, 0.25) is 0 Å². The molecule has 0 saturated carbocycles. The Bertz CT molecular complexity index is 506. The molecule has 5 heteroatoms. The minimum Gasteiger partial charge on any atom is -0.491 e. The van der Waals surface area contributed by atoms with Gasteiger partial charge in [-0.15, -0.1) is 0 Å². The van der Waals surface area contributed by atoms with Gasteiger partial charge in [-0.2, -0.15) is 0 Å². The lowest BCUT2D eigenvalue weighted by molar-refractivity contribution is -0.122. The number of nitrogens with zero attached hydrogens (tertiary/aromatic N) is 1. The van der Waals surface area contributed by atoms with Gasteiger partial charge in [0.15, 0.2) is 0 Å². The van der Waals surface area contributed by atoms with E-state index in [1.54, 1.807) is 0 Å². The van der Waals surface area contributed by atoms with Gasteiger partial charge in [0, 0.05) is 12.6 Å². The van der Waals surface area contributed by atoms with Crippen LogP contribution in [0.4, 0.5) is 5.69 Å². The van der Waals surface area contributed by atoms with Gasteiger partial charge in [-0.1, -0.05) is 19.1 Å². The predicted octanol–water partition coefficient (Wildman–Crippen LogP) is 1.43. The summed E-state index contributed by atoms with van der Waals surface area (Å²) in [6.07, 6.45) is 0.847. The number of carbonyl (C=O) groups excluding carboxylic acids is 1. The van der Waals surface area contributed by atoms with E-state index in [2.05, 4.69) is 12.2 Å². The number of benzene rings is 1. The highest BCUT2D eigenvalue weighted by Gasteiger charge is 2.37. The second-order valence-corrected chi connectivity index (χ2v) is 5.47. The molecule has 5 nitrogen and oxygen atoms in total. The second kappa shape index (κ2) is 6.45. The van der Waals surface area contributed by atoms with Gasteiger partial charge in [0.25, 0.3) is 0 Å². The van der Waals surface area contributed by atoms with Crippen LogP contribution >= 0.6 is 0 Å². The van der Waals surface area contributed by atoms with E-state index in [1.807, 2.05) is 29.2 Å². The number of fused-ring (bicyclic) bond motifs is 1. The van der Waals surface area contributed by atoms with Gasteiger partial charge in [0.1, 0.15) is 5.75 Å². The second-order valence-electron chi connectivity index (χ2n) is 5.47. The average molecular weight is 290 g/mol. The molecule has 2 aliphatic heterocycles. The first-order valence-electron chi connectivity index (χ1n) is 7.65. The van der Waals surface area contributed by atoms with Crippen molar-refractivity contribution in [2.45, 2.75) is 19.4 Å². The highest BCUT2D eigenvalue weighted by atomic mass is 16.5. The molecular formula is C16H22N2O3. The summed E-state index contributed by atoms with van der Waals surface area (Å²) in [5.74, 6) is 0.815. The molecule has 2 atom stereocenters. The van der Waals surface area contributed by atoms with Gasteiger partial charge in [0.05, 0.1) is 31.4 Å². The Labute approximate surface area is 125 Å². The van der Waals surface area contributed by atoms with Crippen LogP contribution in [0, 0.1) is 5.92 Å². The smallest absolute Gasteiger partial charge is 0.234 e. The first-order valence-corrected chi connectivity index (χ1v) is 7.65. The molecule has 1 saturated heterocycles. The van der Waals surface area contributed by atoms with E-state index in [4.69, 9.17) is 9.47 Å². The molecular weight excluding hydrogens is 268 g/mol. The number of rotatable bonds is 3. The Kier molecular flexibility index (Phi) is 4.41. The number of hydrogen-bond donors (Lipinski definition) is 1. The van der Waals surface area contributed by atoms with Gasteiger partial charge in [-0.05, 0) is 25.1 Å². The van der Waals surface area contributed by atoms with E-state index in [0.717, 1.165) is 24.4 Å². The van der Waals surface area contributed by atoms with Crippen molar-refractivity contribution in [3.8, 4) is 5.75 Å². The van der Waals surface area contributed by atoms with E-state index in [-0.39, 0.29) is 17.9 Å². The molecule has 1 aromatic rings. The monoisotopic (exact) mass is 290 g/mol. The minimum absolute atomic E-state index is 0.110. The Morgan fingerprint density at radius 1 is 1.38 bits per heavy atom. The molecule has 21 heavy (non-hydrogen) atoms. The SMILES string of the molecule is CCNC1COCC1C(=O)N1CCCOc2ccccc21. The van der Waals surface area contributed by atoms with Crippen LogP contribution in [0.1, 0.15) is 13.3 Å². The summed E-state index contributed by atoms with van der Waals surface area (Å²) in [5.41, 5.74) is 0.877. The van der Waals surface area contributed by atoms with Gasteiger partial charge in [-0.3, -0.25) is 4.79 Å². The van der Waals surface area contributed by atoms with E-state index in [1.165, 1.54) is 0 Å². The van der Waals surface area contributed by atoms with Crippen LogP contribution in [0.15, 0.2) is 24.3 Å². The quantitative estimate of drug-likeness (QED) is 0.915. The maximum Gasteiger partial charge on any atom is 0.234 e. The Balaban J connectivity index is 1.84. The zero-order valence-electron chi connectivity index (χ0n) is 12.4. The zero-order valence-corrected chi connectivity index (χ0v) is 12.4. The maximum atomic E-state index is 13.0. The van der Waals surface area contributed by atoms with Gasteiger partial charge >= 0.3 is 0 Å². The van der Waals surface area contributed by atoms with Crippen LogP contribution in [-0.4, -0.2) is 44.9 Å². The van der Waals surface area contributed by atoms with Crippen molar-refractivity contribution in [3.63, 3.8) is 0 Å². The standard InChI is InChI=1S/C16H22N2O3/c1-2-17-13-11-20-10-12(13)16(19)18-8-5-9-21-15-7-4-3-6-14(15)18/h3-4,6-7,12-13,17H,2,5,8-11H2,1H3. The molecule has 3 rings (SSSR count). The molecule has 0 bridgehead atoms. The number of likely N-dealkylation sites (N-methyl/N-ethyl adjacent to an activating group) is 1. The summed E-state index contributed by atoms with van der Waals surface area (Å²) in [6.45, 7) is 5.35. The largest absolute Gasteiger partial charge is 0.491 e. The molecule has 114 valence electrons. The molecule has 1 fully saturated rings. The normalized spacial score (nSPS) is 25.1. The highest BCUT2D eigenvalue weighted by molar-refractivity contribution is 5.97. The number of amides is 1. The number of ether oxygens (including phenoxy) is 2. The lowest BCUT2D eigenvalue weighted by atomic mass is 10.0. The fraction of sp³-hybridized carbons (Fsp3) is 0.562. The van der Waals surface area contributed by atoms with E-state index >= 15 is 0 Å². The van der Waals surface area contributed by atoms with Gasteiger partial charge in [0.2, 0.25) is 5.91 Å². The van der Waals surface area contributed by atoms with Crippen LogP contribution in [0.5, 0.6) is 5.75 Å². The van der Waals surface area contributed by atoms with E-state index < -0.39 is 0 Å². The van der Waals surface area contributed by atoms with E-state index in [9.17, 15) is 4.79 Å². The average Bonchev–Trinajstić information content (AvgIpc) is 2.85. The third-order valence-electron chi connectivity index (χ3n) is 4.07. The third-order valence-corrected chi connectivity index (χ3v) is 4.07. The van der Waals surface area contributed by atoms with Crippen molar-refractivity contribution in [2.24, 2.45) is 5.92 Å². The fourth-order valence-electron chi connectivity index (χ4n) is 3.02. The molecule has 0 radical (unpaired) electrons. The van der Waals surface area contributed by atoms with Crippen LogP contribution in [0.25, 0.3) is 0 Å². The van der Waals surface area contributed by atoms with Crippen molar-refractivity contribution in [1.29, 1.82) is 0 Å². The molecule has 2 heterocycles. The summed E-state index contributed by atoms with van der Waals surface area (Å²) < 4.78 is 11.2. The van der Waals surface area contributed by atoms with Crippen LogP contribution in [0.3, 0.4) is 0 Å². The van der Waals surface area contributed by atoms with Crippen molar-refractivity contribution in [3.05, 3.63) is 24.3 Å². The summed E-state index contributed by atoms with van der Waals surface area (Å²) >= 11 is 0. The zero-order chi connectivity index (χ0) is 14.7. The van der Waals surface area contributed by atoms with Crippen molar-refractivity contribution in [2.75, 3.05) is 37.8 Å². The topological polar surface area (TPSA) is 50.8 Å². The molecule has 2 unspecified atom stereocenters. The Morgan fingerprint density at radius 3 is 3.10 bits per heavy atom. The number of carbonyl (C=O) groups is 1. The molecule has 0 aromatic heterocycles. The Morgan fingerprint density at radius 2 is 2.24 bits per heavy atom. The summed E-state index contributed by atoms with van der Waals surface area (Å²) in [7, 11) is 0. The van der Waals surface area contributed by atoms with Crippen molar-refractivity contribution >= 4 is 11.6 Å². The van der Waals surface area contributed by atoms with Crippen LogP contribution in [-0.2, 0) is 9.53 Å². The third kappa shape index (κ3) is 2.89. The van der Waals surface area contributed by atoms with Crippen LogP contribution < -0.4 is 15.0 Å². The van der Waals surface area contributed by atoms with Gasteiger partial charge in [-0.25, -0.2) is 0 Å². The molecule has 1 amide bonds. The molecule has 2 aliphatic rings. The van der Waals surface area contributed by atoms with Gasteiger partial charge < -0.3 is 19.7 Å². The number of para-hydroxylation sites is 2. The van der Waals surface area contributed by atoms with Crippen molar-refractivity contribution in [1.82, 2.24) is 5.32 Å². The summed E-state index contributed by atoms with van der Waals surface area (Å²) in [6, 6.07) is 7.87. The predicted molar refractivity (Wildman–Crippen MR) is 80.7 cm³/mol. The number of anilines is 1. The number of nitrogens with one attached hydrogen (secondary N) is 1. The maximum absolute atomic E-state index is 13.0. The lowest BCUT2D eigenvalue weighted by Gasteiger charge is -2.27. The fourth-order valence-corrected chi connectivity index (χ4v) is 3.02. The highest BCUT2D eigenvalue weighted by Crippen LogP contribution is 2.32.